The van der Waals surface area contributed by atoms with Gasteiger partial charge >= 0.3 is 46.8 Å². The van der Waals surface area contributed by atoms with Crippen LogP contribution in [0.1, 0.15) is 240 Å². The molecular formula is C89H135BrF6N18O14P2. The van der Waals surface area contributed by atoms with E-state index in [0.29, 0.717) is 65.2 Å². The smallest absolute Gasteiger partial charge is 0.416 e. The predicted octanol–water partition coefficient (Wildman–Crippen LogP) is 22.2. The number of amides is 5. The highest BCUT2D eigenvalue weighted by atomic mass is 79.9. The van der Waals surface area contributed by atoms with Crippen LogP contribution >= 0.6 is 32.1 Å². The molecule has 0 unspecified atom stereocenters. The predicted molar refractivity (Wildman–Crippen MR) is 512 cm³/mol. The van der Waals surface area contributed by atoms with Crippen LogP contribution in [-0.2, 0) is 78.3 Å². The van der Waals surface area contributed by atoms with E-state index in [1.165, 1.54) is 81.7 Å². The average molecular weight is 1940 g/mol. The third-order valence-electron chi connectivity index (χ3n) is 14.2. The minimum absolute atomic E-state index is 0.0222. The minimum atomic E-state index is -4.63. The number of halogens is 7. The van der Waals surface area contributed by atoms with Gasteiger partial charge < -0.3 is 76.1 Å². The summed E-state index contributed by atoms with van der Waals surface area (Å²) < 4.78 is 133. The molecule has 0 saturated heterocycles. The van der Waals surface area contributed by atoms with Crippen LogP contribution in [0.15, 0.2) is 122 Å². The number of nitrogen functional groups attached to an aromatic ring is 1. The van der Waals surface area contributed by atoms with E-state index in [1.54, 1.807) is 143 Å². The summed E-state index contributed by atoms with van der Waals surface area (Å²) in [6, 6.07) is 17.0. The zero-order chi connectivity index (χ0) is 100. The molecule has 4 aromatic carbocycles. The molecule has 0 radical (unpaired) electrons. The van der Waals surface area contributed by atoms with Gasteiger partial charge in [0.1, 0.15) is 22.6 Å². The SMILES string of the molecule is CC.CC.CC.CC.CC(C)(C)OC(=O)Nc1cnc(CBr)cn1.CCOP(=O)(Cc1cnc(NC(=O)OC(C)(C)C)cn1)OCC.CCOP(OCC)OCC.CN.CN.Cc1ccc(NC(=O)c2ccc(CN)c(C(F)(F)F)c2)cc1/C=C/c1cnc(N)cn1.Cc1ccc(NC(=O)c2ccc(CN)c(C(F)(F)F)c2)cc1/C=C/c1cnc(NC(=O)OC(C)(C)C)cn1. The molecule has 0 spiro atoms. The van der Waals surface area contributed by atoms with Crippen LogP contribution in [0, 0.1) is 13.8 Å². The number of ether oxygens (including phenoxy) is 3. The topological polar surface area (TPSA) is 470 Å². The van der Waals surface area contributed by atoms with Crippen LogP contribution in [0.25, 0.3) is 24.3 Å². The molecule has 41 heteroatoms. The molecule has 8 rings (SSSR count). The van der Waals surface area contributed by atoms with E-state index in [0.717, 1.165) is 40.1 Å². The molecule has 0 atom stereocenters. The molecule has 0 fully saturated rings. The van der Waals surface area contributed by atoms with Crippen molar-refractivity contribution < 1.29 is 91.7 Å². The summed E-state index contributed by atoms with van der Waals surface area (Å²) in [5, 5.41) is 13.4. The zero-order valence-corrected chi connectivity index (χ0v) is 82.8. The van der Waals surface area contributed by atoms with Crippen molar-refractivity contribution in [2.75, 3.05) is 79.4 Å². The first kappa shape index (κ1) is 124. The summed E-state index contributed by atoms with van der Waals surface area (Å²) in [6.07, 6.45) is 7.65. The number of rotatable bonds is 26. The molecule has 0 aliphatic heterocycles. The van der Waals surface area contributed by atoms with Gasteiger partial charge in [0, 0.05) is 40.9 Å². The number of carbonyl (C=O) groups excluding carboxylic acids is 5. The third-order valence-corrected chi connectivity index (χ3v) is 18.2. The average Bonchev–Trinajstić information content (AvgIpc) is 0.801. The van der Waals surface area contributed by atoms with Crippen LogP contribution in [-0.4, -0.2) is 134 Å². The van der Waals surface area contributed by atoms with Gasteiger partial charge in [-0.3, -0.25) is 50.0 Å². The molecule has 0 bridgehead atoms. The summed E-state index contributed by atoms with van der Waals surface area (Å²) in [4.78, 5) is 92.8. The standard InChI is InChI=1S/C27H28F3N5O3.C22H20F3N5O.C14H24N3O5P.C10H14BrN3O2.C6H15O3P.4C2H6.2CH5N/c1-16-5-9-20(34-24(36)18-6-7-19(13-31)22(12-18)27(28,29)30)11-17(16)8-10-21-14-33-23(15-32-21)35-25(37)38-26(2,3)4;1-13-2-6-17(8-14(13)5-7-18-11-29-20(27)12-28-18)30-21(31)15-3-4-16(10-26)19(9-15)22(23,24)25;1-6-20-23(19,21-7-2)10-11-8-16-12(9-15-11)17-13(18)22-14(3,4)5;1-10(2,3)16-9(15)14-8-6-12-7(4-11)5-13-8;1-4-7-10(8-5-2)9-6-3;6*1-2/h5-12,14-15H,13,31H2,1-4H3,(H,34,36)(H,33,35,37);2-9,11-12H,10,26H2,1H3,(H2,27,29)(H,30,31);8-9H,6-7,10H2,1-5H3,(H,16,17,18);5-6H,4H2,1-3H3,(H,13,14,15);4-6H2,1-3H3;4*1-2H3;2*2H2,1H3/b10-8+;7-5+;;;;;;;;;. The van der Waals surface area contributed by atoms with Gasteiger partial charge in [0.05, 0.1) is 123 Å². The van der Waals surface area contributed by atoms with Crippen molar-refractivity contribution in [1.82, 2.24) is 39.9 Å². The number of hydrogen-bond acceptors (Lipinski definition) is 27. The van der Waals surface area contributed by atoms with Gasteiger partial charge in [-0.05, 0) is 219 Å². The highest BCUT2D eigenvalue weighted by Crippen LogP contribution is 2.51. The first-order valence-corrected chi connectivity index (χ1v) is 45.6. The molecule has 5 amide bonds. The summed E-state index contributed by atoms with van der Waals surface area (Å²) in [5.74, 6) is -0.185. The Morgan fingerprint density at radius 2 is 0.762 bits per heavy atom. The van der Waals surface area contributed by atoms with Gasteiger partial charge in [-0.15, -0.1) is 0 Å². The third kappa shape index (κ3) is 52.4. The molecule has 0 saturated carbocycles. The molecule has 8 aromatic rings. The maximum atomic E-state index is 13.3. The van der Waals surface area contributed by atoms with E-state index in [4.69, 9.17) is 54.0 Å². The summed E-state index contributed by atoms with van der Waals surface area (Å²) in [7, 11) is -1.29. The van der Waals surface area contributed by atoms with E-state index in [2.05, 4.69) is 93.9 Å². The number of anilines is 6. The molecular weight excluding hydrogens is 1800 g/mol. The molecule has 130 heavy (non-hydrogen) atoms. The Labute approximate surface area is 771 Å². The Bertz CT molecular complexity index is 4640. The van der Waals surface area contributed by atoms with Gasteiger partial charge in [0.15, 0.2) is 17.5 Å². The molecule has 32 nitrogen and oxygen atoms in total. The lowest BCUT2D eigenvalue weighted by molar-refractivity contribution is -0.139. The van der Waals surface area contributed by atoms with E-state index in [9.17, 15) is 54.9 Å². The fourth-order valence-electron chi connectivity index (χ4n) is 9.16. The molecule has 0 aliphatic carbocycles. The highest BCUT2D eigenvalue weighted by molar-refractivity contribution is 9.08. The van der Waals surface area contributed by atoms with Crippen LogP contribution in [0.4, 0.5) is 75.4 Å². The number of aryl methyl sites for hydroxylation is 2. The number of hydrogen-bond donors (Lipinski definition) is 10. The van der Waals surface area contributed by atoms with E-state index in [1.807, 2.05) is 90.0 Å². The Morgan fingerprint density at radius 1 is 0.431 bits per heavy atom. The zero-order valence-electron chi connectivity index (χ0n) is 79.4. The molecule has 4 heterocycles. The van der Waals surface area contributed by atoms with Crippen molar-refractivity contribution in [2.24, 2.45) is 22.9 Å². The largest absolute Gasteiger partial charge is 0.444 e. The Morgan fingerprint density at radius 3 is 1.04 bits per heavy atom. The summed E-state index contributed by atoms with van der Waals surface area (Å²) in [5.41, 5.74) is 27.8. The normalized spacial score (nSPS) is 10.8. The number of benzene rings is 4. The quantitative estimate of drug-likeness (QED) is 0.0104. The maximum absolute atomic E-state index is 13.3. The van der Waals surface area contributed by atoms with Crippen LogP contribution in [0.3, 0.4) is 0 Å². The highest BCUT2D eigenvalue weighted by Gasteiger charge is 2.35. The summed E-state index contributed by atoms with van der Waals surface area (Å²) >= 11 is 3.26. The van der Waals surface area contributed by atoms with Crippen molar-refractivity contribution in [3.05, 3.63) is 201 Å². The molecule has 724 valence electrons. The van der Waals surface area contributed by atoms with E-state index < -0.39 is 86.6 Å². The van der Waals surface area contributed by atoms with Gasteiger partial charge in [-0.2, -0.15) is 26.3 Å². The second kappa shape index (κ2) is 66.0. The van der Waals surface area contributed by atoms with Crippen LogP contribution in [0.2, 0.25) is 0 Å². The first-order valence-electron chi connectivity index (χ1n) is 41.6. The molecule has 15 N–H and O–H groups in total. The fourth-order valence-corrected chi connectivity index (χ4v) is 11.9. The van der Waals surface area contributed by atoms with Crippen molar-refractivity contribution in [1.29, 1.82) is 0 Å². The van der Waals surface area contributed by atoms with Crippen molar-refractivity contribution in [3.63, 3.8) is 0 Å². The monoisotopic (exact) mass is 1930 g/mol. The lowest BCUT2D eigenvalue weighted by atomic mass is 10.0. The van der Waals surface area contributed by atoms with Crippen molar-refractivity contribution >= 4 is 121 Å². The lowest BCUT2D eigenvalue weighted by Gasteiger charge is -2.19. The number of alkyl halides is 7. The number of aromatic nitrogens is 8. The van der Waals surface area contributed by atoms with Gasteiger partial charge in [-0.25, -0.2) is 34.3 Å². The molecule has 4 aromatic heterocycles. The Balaban J connectivity index is -0.00000158. The first-order chi connectivity index (χ1) is 61.3. The fraction of sp³-hybridized carbons (Fsp3) is 0.449. The summed E-state index contributed by atoms with van der Waals surface area (Å²) in [6.45, 7) is 46.9. The van der Waals surface area contributed by atoms with Gasteiger partial charge in [0.2, 0.25) is 0 Å². The second-order valence-corrected chi connectivity index (χ2v) is 31.3. The number of nitrogens with one attached hydrogen (secondary N) is 5. The minimum Gasteiger partial charge on any atom is -0.444 e. The van der Waals surface area contributed by atoms with Gasteiger partial charge in [0.25, 0.3) is 11.8 Å². The van der Waals surface area contributed by atoms with Crippen molar-refractivity contribution in [2.45, 2.75) is 220 Å². The van der Waals surface area contributed by atoms with Crippen molar-refractivity contribution in [3.8, 4) is 0 Å². The van der Waals surface area contributed by atoms with E-state index >= 15 is 0 Å². The van der Waals surface area contributed by atoms with E-state index in [-0.39, 0.29) is 66.4 Å². The number of carbonyl (C=O) groups is 5. The van der Waals surface area contributed by atoms with Crippen LogP contribution in [0.5, 0.6) is 0 Å². The van der Waals surface area contributed by atoms with Crippen LogP contribution < -0.4 is 55.3 Å². The maximum Gasteiger partial charge on any atom is 0.416 e. The molecule has 0 aliphatic rings. The Kier molecular flexibility index (Phi) is 62.8. The number of nitrogens with two attached hydrogens (primary N) is 5. The lowest BCUT2D eigenvalue weighted by Crippen LogP contribution is -2.27. The second-order valence-electron chi connectivity index (χ2n) is 27.4. The van der Waals surface area contributed by atoms with Gasteiger partial charge in [-0.1, -0.05) is 108 Å². The number of nitrogens with zero attached hydrogens (tertiary/aromatic N) is 8. The Hall–Kier alpha value is -10.4.